The van der Waals surface area contributed by atoms with Gasteiger partial charge in [-0.15, -0.1) is 0 Å². The molecule has 0 aromatic heterocycles. The number of para-hydroxylation sites is 1. The van der Waals surface area contributed by atoms with Gasteiger partial charge in [-0.25, -0.2) is 4.79 Å². The van der Waals surface area contributed by atoms with Gasteiger partial charge < -0.3 is 10.1 Å². The fraction of sp³-hybridized carbons (Fsp3) is 0.167. The summed E-state index contributed by atoms with van der Waals surface area (Å²) in [7, 11) is 1.32. The summed E-state index contributed by atoms with van der Waals surface area (Å²) in [6, 6.07) is 6.91. The molecule has 0 aliphatic carbocycles. The van der Waals surface area contributed by atoms with E-state index in [9.17, 15) is 9.59 Å². The molecule has 0 amide bonds. The number of esters is 1. The molecule has 4 nitrogen and oxygen atoms in total. The van der Waals surface area contributed by atoms with Crippen molar-refractivity contribution in [2.45, 2.75) is 6.92 Å². The second-order valence-corrected chi connectivity index (χ2v) is 3.13. The molecule has 0 atom stereocenters. The second kappa shape index (κ2) is 5.70. The van der Waals surface area contributed by atoms with Crippen molar-refractivity contribution in [3.05, 3.63) is 42.1 Å². The number of carbonyl (C=O) groups is 2. The average Bonchev–Trinajstić information content (AvgIpc) is 2.28. The first-order valence-electron chi connectivity index (χ1n) is 4.76. The largest absolute Gasteiger partial charge is 0.465 e. The van der Waals surface area contributed by atoms with Gasteiger partial charge in [-0.3, -0.25) is 4.79 Å². The number of ether oxygens (including phenoxy) is 1. The molecule has 0 spiro atoms. The number of methoxy groups -OCH3 is 1. The van der Waals surface area contributed by atoms with Gasteiger partial charge in [0.25, 0.3) is 0 Å². The zero-order valence-electron chi connectivity index (χ0n) is 9.19. The minimum absolute atomic E-state index is 0.0666. The normalized spacial score (nSPS) is 10.1. The van der Waals surface area contributed by atoms with Gasteiger partial charge in [0.15, 0.2) is 5.78 Å². The summed E-state index contributed by atoms with van der Waals surface area (Å²) in [6.07, 6.45) is 2.87. The highest BCUT2D eigenvalue weighted by molar-refractivity contribution is 5.96. The first-order chi connectivity index (χ1) is 7.65. The Morgan fingerprint density at radius 2 is 2.00 bits per heavy atom. The van der Waals surface area contributed by atoms with Crippen LogP contribution in [0.3, 0.4) is 0 Å². The summed E-state index contributed by atoms with van der Waals surface area (Å²) in [5.41, 5.74) is 1.03. The molecule has 84 valence electrons. The molecular formula is C12H13NO3. The van der Waals surface area contributed by atoms with E-state index in [1.54, 1.807) is 24.3 Å². The average molecular weight is 219 g/mol. The molecule has 0 saturated heterocycles. The summed E-state index contributed by atoms with van der Waals surface area (Å²) >= 11 is 0. The number of allylic oxidation sites excluding steroid dienone is 1. The highest BCUT2D eigenvalue weighted by Gasteiger charge is 2.09. The van der Waals surface area contributed by atoms with Crippen molar-refractivity contribution in [1.82, 2.24) is 0 Å². The van der Waals surface area contributed by atoms with Crippen LogP contribution >= 0.6 is 0 Å². The van der Waals surface area contributed by atoms with Gasteiger partial charge in [-0.2, -0.15) is 0 Å². The lowest BCUT2D eigenvalue weighted by molar-refractivity contribution is -0.112. The van der Waals surface area contributed by atoms with Crippen LogP contribution in [-0.2, 0) is 9.53 Å². The van der Waals surface area contributed by atoms with Gasteiger partial charge in [0.2, 0.25) is 0 Å². The van der Waals surface area contributed by atoms with Crippen LogP contribution in [0.1, 0.15) is 17.3 Å². The molecule has 1 aromatic carbocycles. The van der Waals surface area contributed by atoms with Crippen molar-refractivity contribution < 1.29 is 14.3 Å². The Kier molecular flexibility index (Phi) is 4.27. The first kappa shape index (κ1) is 12.0. The minimum Gasteiger partial charge on any atom is -0.465 e. The third-order valence-corrected chi connectivity index (χ3v) is 1.89. The SMILES string of the molecule is COC(=O)c1ccccc1N/C=C\C(C)=O. The van der Waals surface area contributed by atoms with Crippen LogP contribution < -0.4 is 5.32 Å². The maximum Gasteiger partial charge on any atom is 0.339 e. The van der Waals surface area contributed by atoms with Crippen LogP contribution in [0.5, 0.6) is 0 Å². The Bertz CT molecular complexity index is 424. The molecular weight excluding hydrogens is 206 g/mol. The highest BCUT2D eigenvalue weighted by Crippen LogP contribution is 2.15. The van der Waals surface area contributed by atoms with Gasteiger partial charge in [0.1, 0.15) is 0 Å². The zero-order valence-corrected chi connectivity index (χ0v) is 9.19. The fourth-order valence-electron chi connectivity index (χ4n) is 1.15. The first-order valence-corrected chi connectivity index (χ1v) is 4.76. The van der Waals surface area contributed by atoms with Crippen LogP contribution in [0.15, 0.2) is 36.5 Å². The van der Waals surface area contributed by atoms with Crippen molar-refractivity contribution in [3.63, 3.8) is 0 Å². The van der Waals surface area contributed by atoms with E-state index in [-0.39, 0.29) is 5.78 Å². The summed E-state index contributed by atoms with van der Waals surface area (Å²) in [5, 5.41) is 2.86. The molecule has 0 saturated carbocycles. The Balaban J connectivity index is 2.87. The Hall–Kier alpha value is -2.10. The molecule has 0 aliphatic heterocycles. The molecule has 0 fully saturated rings. The van der Waals surface area contributed by atoms with Crippen molar-refractivity contribution in [2.75, 3.05) is 12.4 Å². The van der Waals surface area contributed by atoms with Gasteiger partial charge >= 0.3 is 5.97 Å². The predicted molar refractivity (Wildman–Crippen MR) is 61.2 cm³/mol. The molecule has 0 unspecified atom stereocenters. The van der Waals surface area contributed by atoms with Crippen LogP contribution in [0.25, 0.3) is 0 Å². The van der Waals surface area contributed by atoms with Gasteiger partial charge in [-0.05, 0) is 25.1 Å². The summed E-state index contributed by atoms with van der Waals surface area (Å²) in [5.74, 6) is -0.484. The van der Waals surface area contributed by atoms with E-state index in [0.29, 0.717) is 11.3 Å². The molecule has 16 heavy (non-hydrogen) atoms. The lowest BCUT2D eigenvalue weighted by atomic mass is 10.2. The van der Waals surface area contributed by atoms with Crippen molar-refractivity contribution in [2.24, 2.45) is 0 Å². The van der Waals surface area contributed by atoms with Gasteiger partial charge in [0.05, 0.1) is 18.4 Å². The monoisotopic (exact) mass is 219 g/mol. The molecule has 0 bridgehead atoms. The number of ketones is 1. The maximum absolute atomic E-state index is 11.4. The van der Waals surface area contributed by atoms with E-state index >= 15 is 0 Å². The Labute approximate surface area is 93.9 Å². The topological polar surface area (TPSA) is 55.4 Å². The van der Waals surface area contributed by atoms with E-state index in [1.165, 1.54) is 26.3 Å². The highest BCUT2D eigenvalue weighted by atomic mass is 16.5. The van der Waals surface area contributed by atoms with Crippen LogP contribution in [0.4, 0.5) is 5.69 Å². The fourth-order valence-corrected chi connectivity index (χ4v) is 1.15. The van der Waals surface area contributed by atoms with Crippen molar-refractivity contribution in [1.29, 1.82) is 0 Å². The maximum atomic E-state index is 11.4. The summed E-state index contributed by atoms with van der Waals surface area (Å²) < 4.78 is 4.63. The van der Waals surface area contributed by atoms with Crippen molar-refractivity contribution in [3.8, 4) is 0 Å². The number of anilines is 1. The molecule has 0 radical (unpaired) electrons. The van der Waals surface area contributed by atoms with Crippen LogP contribution in [0, 0.1) is 0 Å². The van der Waals surface area contributed by atoms with Crippen LogP contribution in [-0.4, -0.2) is 18.9 Å². The number of carbonyl (C=O) groups excluding carboxylic acids is 2. The lowest BCUT2D eigenvalue weighted by Crippen LogP contribution is -2.05. The number of hydrogen-bond acceptors (Lipinski definition) is 4. The Morgan fingerprint density at radius 1 is 1.31 bits per heavy atom. The number of rotatable bonds is 4. The number of benzene rings is 1. The van der Waals surface area contributed by atoms with Crippen molar-refractivity contribution >= 4 is 17.4 Å². The van der Waals surface area contributed by atoms with Gasteiger partial charge in [-0.1, -0.05) is 12.1 Å². The van der Waals surface area contributed by atoms with E-state index < -0.39 is 5.97 Å². The predicted octanol–water partition coefficient (Wildman–Crippen LogP) is 1.99. The van der Waals surface area contributed by atoms with Crippen LogP contribution in [0.2, 0.25) is 0 Å². The van der Waals surface area contributed by atoms with Gasteiger partial charge in [0, 0.05) is 6.20 Å². The third kappa shape index (κ3) is 3.24. The molecule has 1 N–H and O–H groups in total. The minimum atomic E-state index is -0.417. The standard InChI is InChI=1S/C12H13NO3/c1-9(14)7-8-13-11-6-4-3-5-10(11)12(15)16-2/h3-8,13H,1-2H3/b8-7-. The summed E-state index contributed by atoms with van der Waals surface area (Å²) in [4.78, 5) is 22.1. The smallest absolute Gasteiger partial charge is 0.339 e. The molecule has 0 aliphatic rings. The zero-order chi connectivity index (χ0) is 12.0. The quantitative estimate of drug-likeness (QED) is 0.621. The molecule has 1 rings (SSSR count). The number of nitrogens with one attached hydrogen (secondary N) is 1. The second-order valence-electron chi connectivity index (χ2n) is 3.13. The number of hydrogen-bond donors (Lipinski definition) is 1. The van der Waals surface area contributed by atoms with E-state index in [2.05, 4.69) is 10.1 Å². The van der Waals surface area contributed by atoms with E-state index in [4.69, 9.17) is 0 Å². The molecule has 0 heterocycles. The molecule has 1 aromatic rings. The van der Waals surface area contributed by atoms with E-state index in [1.807, 2.05) is 0 Å². The summed E-state index contributed by atoms with van der Waals surface area (Å²) in [6.45, 7) is 1.45. The third-order valence-electron chi connectivity index (χ3n) is 1.89. The van der Waals surface area contributed by atoms with E-state index in [0.717, 1.165) is 0 Å². The Morgan fingerprint density at radius 3 is 2.62 bits per heavy atom. The molecule has 4 heteroatoms. The lowest BCUT2D eigenvalue weighted by Gasteiger charge is -2.06.